The number of nitrogens with zero attached hydrogens (tertiary/aromatic N) is 2. The van der Waals surface area contributed by atoms with Gasteiger partial charge >= 0.3 is 0 Å². The summed E-state index contributed by atoms with van der Waals surface area (Å²) in [5.74, 6) is 0.797. The molecule has 4 rings (SSSR count). The summed E-state index contributed by atoms with van der Waals surface area (Å²) in [7, 11) is 1.65. The fourth-order valence-corrected chi connectivity index (χ4v) is 4.14. The van der Waals surface area contributed by atoms with E-state index in [2.05, 4.69) is 37.3 Å². The molecular formula is C24H28N2O3. The highest BCUT2D eigenvalue weighted by Gasteiger charge is 2.38. The third kappa shape index (κ3) is 3.80. The molecule has 2 aromatic carbocycles. The van der Waals surface area contributed by atoms with Crippen LogP contribution in [0.15, 0.2) is 54.6 Å². The molecule has 152 valence electrons. The molecule has 5 heteroatoms. The van der Waals surface area contributed by atoms with Crippen LogP contribution in [-0.4, -0.2) is 39.8 Å². The van der Waals surface area contributed by atoms with Crippen LogP contribution in [0, 0.1) is 6.92 Å². The van der Waals surface area contributed by atoms with Crippen molar-refractivity contribution in [1.29, 1.82) is 0 Å². The number of rotatable bonds is 5. The van der Waals surface area contributed by atoms with Crippen LogP contribution in [-0.2, 0) is 5.41 Å². The standard InChI is InChI=1S/C24H28N2O3/c1-17-3-5-18(6-4-17)22-15-23(24(16-27)13-11-20(28)12-14-24)25-26(22)19-7-9-21(29-2)10-8-19/h3-10,15,20,27-28H,11-14,16H2,1-2H3. The molecule has 1 heterocycles. The molecule has 0 radical (unpaired) electrons. The van der Waals surface area contributed by atoms with Crippen LogP contribution in [0.2, 0.25) is 0 Å². The van der Waals surface area contributed by atoms with Gasteiger partial charge in [-0.1, -0.05) is 29.8 Å². The molecular weight excluding hydrogens is 364 g/mol. The maximum absolute atomic E-state index is 10.3. The van der Waals surface area contributed by atoms with Gasteiger partial charge in [-0.3, -0.25) is 0 Å². The third-order valence-corrected chi connectivity index (χ3v) is 6.13. The molecule has 0 saturated heterocycles. The molecule has 0 aliphatic heterocycles. The number of aryl methyl sites for hydroxylation is 1. The van der Waals surface area contributed by atoms with E-state index in [0.29, 0.717) is 12.8 Å². The van der Waals surface area contributed by atoms with Gasteiger partial charge in [0.25, 0.3) is 0 Å². The van der Waals surface area contributed by atoms with Gasteiger partial charge < -0.3 is 14.9 Å². The van der Waals surface area contributed by atoms with Gasteiger partial charge in [0.1, 0.15) is 5.75 Å². The molecule has 29 heavy (non-hydrogen) atoms. The number of aliphatic hydroxyl groups is 2. The summed E-state index contributed by atoms with van der Waals surface area (Å²) in [4.78, 5) is 0. The van der Waals surface area contributed by atoms with E-state index < -0.39 is 5.41 Å². The monoisotopic (exact) mass is 392 g/mol. The van der Waals surface area contributed by atoms with E-state index in [1.807, 2.05) is 28.9 Å². The van der Waals surface area contributed by atoms with E-state index in [0.717, 1.165) is 41.2 Å². The Hall–Kier alpha value is -2.63. The molecule has 0 bridgehead atoms. The molecule has 0 unspecified atom stereocenters. The summed E-state index contributed by atoms with van der Waals surface area (Å²) in [6, 6.07) is 18.3. The Kier molecular flexibility index (Phi) is 5.43. The topological polar surface area (TPSA) is 67.5 Å². The Morgan fingerprint density at radius 2 is 1.72 bits per heavy atom. The van der Waals surface area contributed by atoms with E-state index in [1.165, 1.54) is 5.56 Å². The molecule has 1 saturated carbocycles. The fourth-order valence-electron chi connectivity index (χ4n) is 4.14. The van der Waals surface area contributed by atoms with Crippen molar-refractivity contribution in [2.24, 2.45) is 0 Å². The lowest BCUT2D eigenvalue weighted by Gasteiger charge is -2.36. The lowest BCUT2D eigenvalue weighted by Crippen LogP contribution is -2.37. The predicted octanol–water partition coefficient (Wildman–Crippen LogP) is 4.02. The van der Waals surface area contributed by atoms with Crippen molar-refractivity contribution in [1.82, 2.24) is 9.78 Å². The lowest BCUT2D eigenvalue weighted by atomic mass is 9.71. The van der Waals surface area contributed by atoms with Crippen molar-refractivity contribution in [3.63, 3.8) is 0 Å². The van der Waals surface area contributed by atoms with E-state index in [4.69, 9.17) is 9.84 Å². The van der Waals surface area contributed by atoms with Crippen molar-refractivity contribution in [2.45, 2.75) is 44.1 Å². The highest BCUT2D eigenvalue weighted by atomic mass is 16.5. The maximum Gasteiger partial charge on any atom is 0.119 e. The number of aromatic nitrogens is 2. The molecule has 0 atom stereocenters. The van der Waals surface area contributed by atoms with Crippen LogP contribution < -0.4 is 4.74 Å². The van der Waals surface area contributed by atoms with Crippen LogP contribution >= 0.6 is 0 Å². The Balaban J connectivity index is 1.82. The minimum atomic E-state index is -0.406. The van der Waals surface area contributed by atoms with Gasteiger partial charge in [-0.15, -0.1) is 0 Å². The zero-order valence-corrected chi connectivity index (χ0v) is 17.0. The Morgan fingerprint density at radius 1 is 1.07 bits per heavy atom. The molecule has 5 nitrogen and oxygen atoms in total. The van der Waals surface area contributed by atoms with Crippen molar-refractivity contribution >= 4 is 0 Å². The second kappa shape index (κ2) is 8.01. The zero-order chi connectivity index (χ0) is 20.4. The van der Waals surface area contributed by atoms with Gasteiger partial charge in [0.2, 0.25) is 0 Å². The Bertz CT molecular complexity index is 953. The van der Waals surface area contributed by atoms with Crippen molar-refractivity contribution in [3.8, 4) is 22.7 Å². The van der Waals surface area contributed by atoms with Gasteiger partial charge in [-0.2, -0.15) is 5.10 Å². The van der Waals surface area contributed by atoms with E-state index in [1.54, 1.807) is 7.11 Å². The van der Waals surface area contributed by atoms with E-state index in [-0.39, 0.29) is 12.7 Å². The number of hydrogen-bond acceptors (Lipinski definition) is 4. The number of aliphatic hydroxyl groups excluding tert-OH is 2. The largest absolute Gasteiger partial charge is 0.497 e. The number of methoxy groups -OCH3 is 1. The molecule has 1 aliphatic carbocycles. The molecule has 1 aromatic heterocycles. The number of hydrogen-bond donors (Lipinski definition) is 2. The van der Waals surface area contributed by atoms with E-state index >= 15 is 0 Å². The SMILES string of the molecule is COc1ccc(-n2nc(C3(CO)CCC(O)CC3)cc2-c2ccc(C)cc2)cc1. The summed E-state index contributed by atoms with van der Waals surface area (Å²) in [6.45, 7) is 2.11. The zero-order valence-electron chi connectivity index (χ0n) is 17.0. The molecule has 1 aliphatic rings. The Labute approximate surface area is 171 Å². The average Bonchev–Trinajstić information content (AvgIpc) is 3.21. The quantitative estimate of drug-likeness (QED) is 0.688. The molecule has 0 amide bonds. The Morgan fingerprint density at radius 3 is 2.31 bits per heavy atom. The van der Waals surface area contributed by atoms with Gasteiger partial charge in [0.15, 0.2) is 0 Å². The van der Waals surface area contributed by atoms with Crippen LogP contribution in [0.25, 0.3) is 16.9 Å². The summed E-state index contributed by atoms with van der Waals surface area (Å²) in [6.07, 6.45) is 2.57. The maximum atomic E-state index is 10.3. The van der Waals surface area contributed by atoms with Gasteiger partial charge in [0.05, 0.1) is 36.9 Å². The first-order valence-electron chi connectivity index (χ1n) is 10.2. The van der Waals surface area contributed by atoms with Gasteiger partial charge in [-0.05, 0) is 62.9 Å². The predicted molar refractivity (Wildman–Crippen MR) is 114 cm³/mol. The first-order chi connectivity index (χ1) is 14.0. The number of benzene rings is 2. The lowest BCUT2D eigenvalue weighted by molar-refractivity contribution is 0.0654. The highest BCUT2D eigenvalue weighted by molar-refractivity contribution is 5.63. The summed E-state index contributed by atoms with van der Waals surface area (Å²) in [5, 5.41) is 25.2. The summed E-state index contributed by atoms with van der Waals surface area (Å²) >= 11 is 0. The smallest absolute Gasteiger partial charge is 0.119 e. The molecule has 2 N–H and O–H groups in total. The van der Waals surface area contributed by atoms with Crippen molar-refractivity contribution < 1.29 is 14.9 Å². The van der Waals surface area contributed by atoms with Crippen LogP contribution in [0.4, 0.5) is 0 Å². The average molecular weight is 392 g/mol. The third-order valence-electron chi connectivity index (χ3n) is 6.13. The van der Waals surface area contributed by atoms with Gasteiger partial charge in [0, 0.05) is 11.0 Å². The second-order valence-corrected chi connectivity index (χ2v) is 8.06. The first kappa shape index (κ1) is 19.7. The van der Waals surface area contributed by atoms with Crippen LogP contribution in [0.5, 0.6) is 5.75 Å². The highest BCUT2D eigenvalue weighted by Crippen LogP contribution is 2.40. The summed E-state index contributed by atoms with van der Waals surface area (Å²) < 4.78 is 7.24. The normalized spacial score (nSPS) is 21.9. The second-order valence-electron chi connectivity index (χ2n) is 8.06. The fraction of sp³-hybridized carbons (Fsp3) is 0.375. The summed E-state index contributed by atoms with van der Waals surface area (Å²) in [5.41, 5.74) is 4.70. The minimum Gasteiger partial charge on any atom is -0.497 e. The number of ether oxygens (including phenoxy) is 1. The van der Waals surface area contributed by atoms with Crippen LogP contribution in [0.3, 0.4) is 0 Å². The van der Waals surface area contributed by atoms with E-state index in [9.17, 15) is 10.2 Å². The van der Waals surface area contributed by atoms with Crippen molar-refractivity contribution in [3.05, 3.63) is 65.9 Å². The van der Waals surface area contributed by atoms with Crippen LogP contribution in [0.1, 0.15) is 36.9 Å². The molecule has 3 aromatic rings. The molecule has 1 fully saturated rings. The minimum absolute atomic E-state index is 0.0344. The van der Waals surface area contributed by atoms with Gasteiger partial charge in [-0.25, -0.2) is 4.68 Å². The molecule has 0 spiro atoms. The van der Waals surface area contributed by atoms with Crippen molar-refractivity contribution in [2.75, 3.05) is 13.7 Å². The first-order valence-corrected chi connectivity index (χ1v) is 10.2.